The molecule has 0 aliphatic carbocycles. The summed E-state index contributed by atoms with van der Waals surface area (Å²) in [7, 11) is -4.05. The molecule has 8 heteroatoms. The van der Waals surface area contributed by atoms with Crippen LogP contribution in [-0.4, -0.2) is 36.6 Å². The third-order valence-corrected chi connectivity index (χ3v) is 7.00. The number of hydrogen-bond acceptors (Lipinski definition) is 4. The summed E-state index contributed by atoms with van der Waals surface area (Å²) in [5, 5.41) is 0. The number of furan rings is 1. The third-order valence-electron chi connectivity index (χ3n) is 4.93. The number of sulfonamides is 1. The lowest BCUT2D eigenvalue weighted by molar-refractivity contribution is 0.0717. The summed E-state index contributed by atoms with van der Waals surface area (Å²) >= 11 is 0. The van der Waals surface area contributed by atoms with Gasteiger partial charge in [-0.15, -0.1) is 0 Å². The topological polar surface area (TPSA) is 70.8 Å². The number of nitrogens with zero attached hydrogens (tertiary/aromatic N) is 2. The Bertz CT molecular complexity index is 1110. The zero-order valence-electron chi connectivity index (χ0n) is 17.5. The smallest absolute Gasteiger partial charge is 0.254 e. The molecule has 2 aromatic carbocycles. The van der Waals surface area contributed by atoms with E-state index < -0.39 is 26.6 Å². The van der Waals surface area contributed by atoms with Gasteiger partial charge in [0.05, 0.1) is 12.8 Å². The summed E-state index contributed by atoms with van der Waals surface area (Å²) in [5.74, 6) is -0.720. The molecule has 0 aliphatic heterocycles. The van der Waals surface area contributed by atoms with Crippen LogP contribution in [0.2, 0.25) is 0 Å². The molecule has 1 amide bonds. The average molecular weight is 445 g/mol. The van der Waals surface area contributed by atoms with E-state index in [2.05, 4.69) is 0 Å². The minimum atomic E-state index is -4.05. The van der Waals surface area contributed by atoms with Crippen LogP contribution in [0.1, 0.15) is 35.5 Å². The van der Waals surface area contributed by atoms with E-state index in [1.165, 1.54) is 17.2 Å². The van der Waals surface area contributed by atoms with Crippen LogP contribution in [0.25, 0.3) is 0 Å². The first-order valence-electron chi connectivity index (χ1n) is 10.0. The second-order valence-corrected chi connectivity index (χ2v) is 8.87. The highest BCUT2D eigenvalue weighted by Crippen LogP contribution is 2.23. The van der Waals surface area contributed by atoms with Gasteiger partial charge in [-0.1, -0.05) is 44.2 Å². The van der Waals surface area contributed by atoms with E-state index in [0.29, 0.717) is 5.76 Å². The van der Waals surface area contributed by atoms with Crippen LogP contribution in [0.3, 0.4) is 0 Å². The highest BCUT2D eigenvalue weighted by Gasteiger charge is 2.27. The maximum absolute atomic E-state index is 14.5. The van der Waals surface area contributed by atoms with Gasteiger partial charge in [-0.25, -0.2) is 12.8 Å². The monoisotopic (exact) mass is 444 g/mol. The van der Waals surface area contributed by atoms with Gasteiger partial charge < -0.3 is 9.32 Å². The minimum absolute atomic E-state index is 0.0922. The Kier molecular flexibility index (Phi) is 7.25. The molecule has 0 spiro atoms. The van der Waals surface area contributed by atoms with Crippen molar-refractivity contribution in [2.24, 2.45) is 0 Å². The highest BCUT2D eigenvalue weighted by molar-refractivity contribution is 7.89. The lowest BCUT2D eigenvalue weighted by atomic mass is 10.1. The second kappa shape index (κ2) is 9.89. The first-order valence-corrected chi connectivity index (χ1v) is 11.5. The molecule has 31 heavy (non-hydrogen) atoms. The Hall–Kier alpha value is -2.97. The summed E-state index contributed by atoms with van der Waals surface area (Å²) in [6.07, 6.45) is 1.52. The van der Waals surface area contributed by atoms with Gasteiger partial charge in [0.1, 0.15) is 16.5 Å². The molecule has 0 radical (unpaired) electrons. The SMILES string of the molecule is CCN(CC)S(=O)(=O)c1cc(C(=O)N(Cc2ccccc2)Cc2ccco2)ccc1F. The van der Waals surface area contributed by atoms with Crippen molar-refractivity contribution in [3.63, 3.8) is 0 Å². The molecule has 1 aromatic heterocycles. The van der Waals surface area contributed by atoms with Crippen LogP contribution < -0.4 is 0 Å². The molecule has 0 bridgehead atoms. The van der Waals surface area contributed by atoms with Crippen molar-refractivity contribution < 1.29 is 22.0 Å². The number of amides is 1. The largest absolute Gasteiger partial charge is 0.467 e. The van der Waals surface area contributed by atoms with E-state index >= 15 is 0 Å². The zero-order chi connectivity index (χ0) is 22.4. The normalized spacial score (nSPS) is 11.6. The second-order valence-electron chi connectivity index (χ2n) is 6.96. The fourth-order valence-electron chi connectivity index (χ4n) is 3.31. The number of benzene rings is 2. The van der Waals surface area contributed by atoms with Crippen LogP contribution in [0.5, 0.6) is 0 Å². The Morgan fingerprint density at radius 3 is 2.29 bits per heavy atom. The third kappa shape index (κ3) is 5.21. The standard InChI is InChI=1S/C23H25FN2O4S/c1-3-26(4-2)31(28,29)22-15-19(12-13-21(22)24)23(27)25(17-20-11-8-14-30-20)16-18-9-6-5-7-10-18/h5-15H,3-4,16-17H2,1-2H3. The zero-order valence-corrected chi connectivity index (χ0v) is 18.3. The Balaban J connectivity index is 1.97. The van der Waals surface area contributed by atoms with Gasteiger partial charge in [0.2, 0.25) is 10.0 Å². The molecule has 0 saturated carbocycles. The lowest BCUT2D eigenvalue weighted by Crippen LogP contribution is -2.32. The van der Waals surface area contributed by atoms with E-state index in [1.807, 2.05) is 30.3 Å². The summed E-state index contributed by atoms with van der Waals surface area (Å²) in [6, 6.07) is 16.3. The van der Waals surface area contributed by atoms with E-state index in [1.54, 1.807) is 26.0 Å². The van der Waals surface area contributed by atoms with Crippen molar-refractivity contribution in [2.45, 2.75) is 31.8 Å². The maximum atomic E-state index is 14.5. The van der Waals surface area contributed by atoms with Gasteiger partial charge in [0.25, 0.3) is 5.91 Å². The van der Waals surface area contributed by atoms with Crippen molar-refractivity contribution in [1.82, 2.24) is 9.21 Å². The quantitative estimate of drug-likeness (QED) is 0.494. The molecule has 3 rings (SSSR count). The predicted molar refractivity (Wildman–Crippen MR) is 115 cm³/mol. The Morgan fingerprint density at radius 2 is 1.68 bits per heavy atom. The number of carbonyl (C=O) groups excluding carboxylic acids is 1. The Morgan fingerprint density at radius 1 is 0.968 bits per heavy atom. The molecule has 1 heterocycles. The molecular weight excluding hydrogens is 419 g/mol. The van der Waals surface area contributed by atoms with Gasteiger partial charge in [-0.2, -0.15) is 4.31 Å². The van der Waals surface area contributed by atoms with Crippen molar-refractivity contribution in [1.29, 1.82) is 0 Å². The van der Waals surface area contributed by atoms with Crippen LogP contribution in [0.15, 0.2) is 76.2 Å². The summed E-state index contributed by atoms with van der Waals surface area (Å²) < 4.78 is 46.7. The molecule has 0 N–H and O–H groups in total. The summed E-state index contributed by atoms with van der Waals surface area (Å²) in [6.45, 7) is 4.24. The van der Waals surface area contributed by atoms with Gasteiger partial charge in [-0.05, 0) is 35.9 Å². The van der Waals surface area contributed by atoms with Crippen molar-refractivity contribution in [3.8, 4) is 0 Å². The average Bonchev–Trinajstić information content (AvgIpc) is 3.27. The van der Waals surface area contributed by atoms with Crippen LogP contribution in [0, 0.1) is 5.82 Å². The van der Waals surface area contributed by atoms with Crippen molar-refractivity contribution >= 4 is 15.9 Å². The molecule has 0 aliphatic rings. The van der Waals surface area contributed by atoms with E-state index in [-0.39, 0.29) is 31.7 Å². The van der Waals surface area contributed by atoms with Crippen LogP contribution in [-0.2, 0) is 23.1 Å². The van der Waals surface area contributed by atoms with Gasteiger partial charge in [0.15, 0.2) is 0 Å². The predicted octanol–water partition coefficient (Wildman–Crippen LogP) is 4.29. The molecular formula is C23H25FN2O4S. The maximum Gasteiger partial charge on any atom is 0.254 e. The molecule has 3 aromatic rings. The van der Waals surface area contributed by atoms with Gasteiger partial charge >= 0.3 is 0 Å². The summed E-state index contributed by atoms with van der Waals surface area (Å²) in [4.78, 5) is 14.4. The number of hydrogen-bond donors (Lipinski definition) is 0. The fourth-order valence-corrected chi connectivity index (χ4v) is 4.86. The summed E-state index contributed by atoms with van der Waals surface area (Å²) in [5.41, 5.74) is 0.995. The van der Waals surface area contributed by atoms with Crippen molar-refractivity contribution in [2.75, 3.05) is 13.1 Å². The van der Waals surface area contributed by atoms with Crippen molar-refractivity contribution in [3.05, 3.63) is 89.6 Å². The molecule has 0 atom stereocenters. The first-order chi connectivity index (χ1) is 14.9. The van der Waals surface area contributed by atoms with Crippen LogP contribution >= 0.6 is 0 Å². The first kappa shape index (κ1) is 22.7. The molecule has 0 saturated heterocycles. The van der Waals surface area contributed by atoms with Crippen LogP contribution in [0.4, 0.5) is 4.39 Å². The molecule has 0 fully saturated rings. The number of rotatable bonds is 9. The Labute approximate surface area is 182 Å². The van der Waals surface area contributed by atoms with E-state index in [0.717, 1.165) is 22.0 Å². The van der Waals surface area contributed by atoms with Gasteiger partial charge in [-0.3, -0.25) is 4.79 Å². The lowest BCUT2D eigenvalue weighted by Gasteiger charge is -2.23. The number of carbonyl (C=O) groups is 1. The van der Waals surface area contributed by atoms with E-state index in [4.69, 9.17) is 4.42 Å². The van der Waals surface area contributed by atoms with Gasteiger partial charge in [0, 0.05) is 25.2 Å². The highest BCUT2D eigenvalue weighted by atomic mass is 32.2. The molecule has 6 nitrogen and oxygen atoms in total. The molecule has 0 unspecified atom stereocenters. The number of halogens is 1. The molecule has 164 valence electrons. The minimum Gasteiger partial charge on any atom is -0.467 e. The fraction of sp³-hybridized carbons (Fsp3) is 0.261. The van der Waals surface area contributed by atoms with E-state index in [9.17, 15) is 17.6 Å².